The van der Waals surface area contributed by atoms with E-state index >= 15 is 0 Å². The van der Waals surface area contributed by atoms with Crippen LogP contribution in [0.2, 0.25) is 0 Å². The lowest BCUT2D eigenvalue weighted by Crippen LogP contribution is -2.35. The number of methoxy groups -OCH3 is 1. The minimum Gasteiger partial charge on any atom is -0.493 e. The Morgan fingerprint density at radius 1 is 1.25 bits per heavy atom. The highest BCUT2D eigenvalue weighted by atomic mass is 16.5. The fourth-order valence-electron chi connectivity index (χ4n) is 1.52. The summed E-state index contributed by atoms with van der Waals surface area (Å²) in [5.41, 5.74) is 1.16. The molecule has 5 nitrogen and oxygen atoms in total. The molecule has 1 aromatic rings. The Balaban J connectivity index is 2.72. The van der Waals surface area contributed by atoms with Crippen molar-refractivity contribution in [3.63, 3.8) is 0 Å². The smallest absolute Gasteiger partial charge is 0.257 e. The molecule has 1 amide bonds. The van der Waals surface area contributed by atoms with Gasteiger partial charge in [-0.2, -0.15) is 0 Å². The van der Waals surface area contributed by atoms with Crippen LogP contribution in [0.1, 0.15) is 26.3 Å². The zero-order valence-corrected chi connectivity index (χ0v) is 12.9. The van der Waals surface area contributed by atoms with Crippen molar-refractivity contribution in [2.45, 2.75) is 32.9 Å². The van der Waals surface area contributed by atoms with E-state index in [1.165, 1.54) is 0 Å². The molecule has 5 heteroatoms. The summed E-state index contributed by atoms with van der Waals surface area (Å²) in [5, 5.41) is 5.91. The van der Waals surface area contributed by atoms with Crippen LogP contribution < -0.4 is 20.1 Å². The highest BCUT2D eigenvalue weighted by molar-refractivity contribution is 5.77. The third-order valence-electron chi connectivity index (χ3n) is 2.69. The fourth-order valence-corrected chi connectivity index (χ4v) is 1.52. The fraction of sp³-hybridized carbons (Fsp3) is 0.533. The zero-order chi connectivity index (χ0) is 15.2. The number of hydrogen-bond donors (Lipinski definition) is 2. The van der Waals surface area contributed by atoms with Gasteiger partial charge in [-0.3, -0.25) is 4.79 Å². The van der Waals surface area contributed by atoms with Gasteiger partial charge in [0.25, 0.3) is 5.91 Å². The van der Waals surface area contributed by atoms with Crippen LogP contribution in [-0.2, 0) is 11.3 Å². The molecule has 0 unspecified atom stereocenters. The minimum absolute atomic E-state index is 0.0214. The van der Waals surface area contributed by atoms with Crippen LogP contribution in [0.5, 0.6) is 11.5 Å². The molecule has 0 bridgehead atoms. The standard InChI is InChI=1S/C15H24N2O3/c1-15(2,3)17-9-11-6-7-12(13(8-11)19-5)20-10-14(18)16-4/h6-8,17H,9-10H2,1-5H3,(H,16,18). The van der Waals surface area contributed by atoms with Crippen molar-refractivity contribution >= 4 is 5.91 Å². The van der Waals surface area contributed by atoms with E-state index in [2.05, 4.69) is 31.4 Å². The molecule has 0 aliphatic rings. The van der Waals surface area contributed by atoms with E-state index in [1.54, 1.807) is 14.2 Å². The molecule has 1 aromatic carbocycles. The molecule has 0 aliphatic heterocycles. The molecule has 1 rings (SSSR count). The SMILES string of the molecule is CNC(=O)COc1ccc(CNC(C)(C)C)cc1OC. The second kappa shape index (κ2) is 7.14. The van der Waals surface area contributed by atoms with E-state index in [9.17, 15) is 4.79 Å². The maximum atomic E-state index is 11.2. The number of rotatable bonds is 6. The maximum Gasteiger partial charge on any atom is 0.257 e. The Hall–Kier alpha value is -1.75. The molecule has 0 fully saturated rings. The van der Waals surface area contributed by atoms with Gasteiger partial charge in [-0.15, -0.1) is 0 Å². The first-order chi connectivity index (χ1) is 9.35. The first kappa shape index (κ1) is 16.3. The first-order valence-corrected chi connectivity index (χ1v) is 6.61. The van der Waals surface area contributed by atoms with Crippen LogP contribution in [0, 0.1) is 0 Å². The number of carbonyl (C=O) groups excluding carboxylic acids is 1. The predicted octanol–water partition coefficient (Wildman–Crippen LogP) is 1.71. The van der Waals surface area contributed by atoms with Gasteiger partial charge in [0.15, 0.2) is 18.1 Å². The van der Waals surface area contributed by atoms with E-state index < -0.39 is 0 Å². The molecule has 0 heterocycles. The normalized spacial score (nSPS) is 11.1. The Kier molecular flexibility index (Phi) is 5.82. The number of likely N-dealkylation sites (N-methyl/N-ethyl adjacent to an activating group) is 1. The van der Waals surface area contributed by atoms with Crippen molar-refractivity contribution < 1.29 is 14.3 Å². The molecule has 20 heavy (non-hydrogen) atoms. The lowest BCUT2D eigenvalue weighted by molar-refractivity contribution is -0.122. The number of benzene rings is 1. The second-order valence-corrected chi connectivity index (χ2v) is 5.55. The van der Waals surface area contributed by atoms with Crippen LogP contribution in [0.3, 0.4) is 0 Å². The van der Waals surface area contributed by atoms with Crippen LogP contribution in [0.15, 0.2) is 18.2 Å². The predicted molar refractivity (Wildman–Crippen MR) is 79.1 cm³/mol. The lowest BCUT2D eigenvalue weighted by atomic mass is 10.1. The third kappa shape index (κ3) is 5.48. The van der Waals surface area contributed by atoms with Gasteiger partial charge in [-0.1, -0.05) is 6.07 Å². The summed E-state index contributed by atoms with van der Waals surface area (Å²) in [7, 11) is 3.16. The summed E-state index contributed by atoms with van der Waals surface area (Å²) in [5.74, 6) is 1.02. The van der Waals surface area contributed by atoms with E-state index in [4.69, 9.17) is 9.47 Å². The molecule has 2 N–H and O–H groups in total. The minimum atomic E-state index is -0.175. The first-order valence-electron chi connectivity index (χ1n) is 6.61. The third-order valence-corrected chi connectivity index (χ3v) is 2.69. The quantitative estimate of drug-likeness (QED) is 0.833. The van der Waals surface area contributed by atoms with Gasteiger partial charge in [0.1, 0.15) is 0 Å². The Labute approximate surface area is 120 Å². The van der Waals surface area contributed by atoms with E-state index in [-0.39, 0.29) is 18.1 Å². The van der Waals surface area contributed by atoms with Gasteiger partial charge in [0.05, 0.1) is 7.11 Å². The van der Waals surface area contributed by atoms with Gasteiger partial charge in [0.2, 0.25) is 0 Å². The van der Waals surface area contributed by atoms with E-state index in [1.807, 2.05) is 18.2 Å². The average Bonchev–Trinajstić information content (AvgIpc) is 2.41. The molecular weight excluding hydrogens is 256 g/mol. The zero-order valence-electron chi connectivity index (χ0n) is 12.9. The summed E-state index contributed by atoms with van der Waals surface area (Å²) < 4.78 is 10.7. The van der Waals surface area contributed by atoms with Crippen molar-refractivity contribution in [3.8, 4) is 11.5 Å². The van der Waals surface area contributed by atoms with Crippen molar-refractivity contribution in [2.75, 3.05) is 20.8 Å². The molecule has 0 saturated heterocycles. The van der Waals surface area contributed by atoms with E-state index in [0.29, 0.717) is 11.5 Å². The van der Waals surface area contributed by atoms with Crippen molar-refractivity contribution in [1.82, 2.24) is 10.6 Å². The molecule has 0 spiro atoms. The molecular formula is C15H24N2O3. The topological polar surface area (TPSA) is 59.6 Å². The summed E-state index contributed by atoms with van der Waals surface area (Å²) in [4.78, 5) is 11.2. The van der Waals surface area contributed by atoms with Crippen molar-refractivity contribution in [2.24, 2.45) is 0 Å². The number of ether oxygens (including phenoxy) is 2. The Morgan fingerprint density at radius 2 is 1.95 bits per heavy atom. The van der Waals surface area contributed by atoms with Crippen LogP contribution >= 0.6 is 0 Å². The molecule has 0 aliphatic carbocycles. The highest BCUT2D eigenvalue weighted by Gasteiger charge is 2.11. The highest BCUT2D eigenvalue weighted by Crippen LogP contribution is 2.28. The molecule has 0 aromatic heterocycles. The number of amides is 1. The molecule has 0 atom stereocenters. The summed E-state index contributed by atoms with van der Waals surface area (Å²) in [6, 6.07) is 5.69. The molecule has 0 radical (unpaired) electrons. The van der Waals surface area contributed by atoms with Gasteiger partial charge >= 0.3 is 0 Å². The molecule has 0 saturated carbocycles. The van der Waals surface area contributed by atoms with Gasteiger partial charge < -0.3 is 20.1 Å². The van der Waals surface area contributed by atoms with Crippen LogP contribution in [0.25, 0.3) is 0 Å². The number of hydrogen-bond acceptors (Lipinski definition) is 4. The Morgan fingerprint density at radius 3 is 2.50 bits per heavy atom. The monoisotopic (exact) mass is 280 g/mol. The maximum absolute atomic E-state index is 11.2. The van der Waals surface area contributed by atoms with Crippen molar-refractivity contribution in [3.05, 3.63) is 23.8 Å². The molecule has 112 valence electrons. The van der Waals surface area contributed by atoms with E-state index in [0.717, 1.165) is 12.1 Å². The second-order valence-electron chi connectivity index (χ2n) is 5.55. The van der Waals surface area contributed by atoms with Crippen molar-refractivity contribution in [1.29, 1.82) is 0 Å². The van der Waals surface area contributed by atoms with Gasteiger partial charge in [0, 0.05) is 19.1 Å². The van der Waals surface area contributed by atoms with Gasteiger partial charge in [-0.05, 0) is 38.5 Å². The van der Waals surface area contributed by atoms with Crippen LogP contribution in [-0.4, -0.2) is 32.2 Å². The number of nitrogens with one attached hydrogen (secondary N) is 2. The Bertz CT molecular complexity index is 453. The lowest BCUT2D eigenvalue weighted by Gasteiger charge is -2.21. The summed E-state index contributed by atoms with van der Waals surface area (Å²) >= 11 is 0. The largest absolute Gasteiger partial charge is 0.493 e. The van der Waals surface area contributed by atoms with Gasteiger partial charge in [-0.25, -0.2) is 0 Å². The average molecular weight is 280 g/mol. The number of carbonyl (C=O) groups is 1. The summed E-state index contributed by atoms with van der Waals surface area (Å²) in [6.07, 6.45) is 0. The summed E-state index contributed by atoms with van der Waals surface area (Å²) in [6.45, 7) is 7.07. The van der Waals surface area contributed by atoms with Crippen LogP contribution in [0.4, 0.5) is 0 Å².